The minimum absolute atomic E-state index is 0. The molecule has 0 saturated heterocycles. The zero-order valence-corrected chi connectivity index (χ0v) is 18.5. The zero-order valence-electron chi connectivity index (χ0n) is 16.1. The second-order valence-corrected chi connectivity index (χ2v) is 8.60. The lowest BCUT2D eigenvalue weighted by Gasteiger charge is -2.33. The number of hydrogen-bond acceptors (Lipinski definition) is 3. The van der Waals surface area contributed by atoms with Crippen molar-refractivity contribution >= 4 is 28.3 Å². The predicted octanol–water partition coefficient (Wildman–Crippen LogP) is 5.97. The van der Waals surface area contributed by atoms with Crippen molar-refractivity contribution in [1.82, 2.24) is 5.32 Å². The molecule has 1 aromatic rings. The summed E-state index contributed by atoms with van der Waals surface area (Å²) in [5, 5.41) is 3.66. The lowest BCUT2D eigenvalue weighted by Crippen LogP contribution is -2.41. The number of ether oxygens (including phenoxy) is 2. The Morgan fingerprint density at radius 2 is 1.58 bits per heavy atom. The van der Waals surface area contributed by atoms with Gasteiger partial charge in [-0.2, -0.15) is 0 Å². The first-order chi connectivity index (χ1) is 10.6. The zero-order chi connectivity index (χ0) is 17.7. The summed E-state index contributed by atoms with van der Waals surface area (Å²) >= 11 is 3.61. The Balaban J connectivity index is 0.00000529. The predicted molar refractivity (Wildman–Crippen MR) is 109 cm³/mol. The van der Waals surface area contributed by atoms with Crippen molar-refractivity contribution in [2.45, 2.75) is 67.0 Å². The van der Waals surface area contributed by atoms with Crippen LogP contribution in [0.15, 0.2) is 16.6 Å². The van der Waals surface area contributed by atoms with E-state index in [1.165, 1.54) is 5.56 Å². The summed E-state index contributed by atoms with van der Waals surface area (Å²) in [6.07, 6.45) is 1.11. The van der Waals surface area contributed by atoms with Crippen LogP contribution in [0.25, 0.3) is 0 Å². The van der Waals surface area contributed by atoms with E-state index >= 15 is 0 Å². The van der Waals surface area contributed by atoms with Gasteiger partial charge < -0.3 is 14.8 Å². The first kappa shape index (κ1) is 23.5. The number of nitrogens with one attached hydrogen (secondary N) is 1. The van der Waals surface area contributed by atoms with Crippen molar-refractivity contribution in [3.8, 4) is 11.5 Å². The first-order valence-corrected chi connectivity index (χ1v) is 9.20. The lowest BCUT2D eigenvalue weighted by molar-refractivity contribution is 0.240. The summed E-state index contributed by atoms with van der Waals surface area (Å²) in [4.78, 5) is 0. The van der Waals surface area contributed by atoms with E-state index in [1.807, 2.05) is 13.8 Å². The number of halogens is 2. The topological polar surface area (TPSA) is 30.5 Å². The highest BCUT2D eigenvalue weighted by Gasteiger charge is 2.25. The Labute approximate surface area is 162 Å². The van der Waals surface area contributed by atoms with Gasteiger partial charge in [0.1, 0.15) is 0 Å². The molecule has 0 aliphatic rings. The summed E-state index contributed by atoms with van der Waals surface area (Å²) in [7, 11) is 0. The largest absolute Gasteiger partial charge is 0.490 e. The maximum absolute atomic E-state index is 5.74. The van der Waals surface area contributed by atoms with Gasteiger partial charge in [-0.25, -0.2) is 0 Å². The molecular weight excluding hydrogens is 390 g/mol. The molecule has 5 heteroatoms. The molecule has 0 aliphatic carbocycles. The van der Waals surface area contributed by atoms with Crippen LogP contribution in [0.5, 0.6) is 11.5 Å². The third-order valence-corrected chi connectivity index (χ3v) is 3.99. The molecule has 0 amide bonds. The molecule has 0 radical (unpaired) electrons. The molecule has 140 valence electrons. The van der Waals surface area contributed by atoms with Gasteiger partial charge in [-0.15, -0.1) is 12.4 Å². The van der Waals surface area contributed by atoms with E-state index in [2.05, 4.69) is 68.0 Å². The second kappa shape index (κ2) is 9.88. The first-order valence-electron chi connectivity index (χ1n) is 8.41. The fourth-order valence-corrected chi connectivity index (χ4v) is 3.60. The van der Waals surface area contributed by atoms with Crippen LogP contribution in [0.1, 0.15) is 60.5 Å². The molecule has 0 spiro atoms. The second-order valence-electron chi connectivity index (χ2n) is 7.75. The van der Waals surface area contributed by atoms with E-state index in [0.29, 0.717) is 18.6 Å². The van der Waals surface area contributed by atoms with E-state index in [1.54, 1.807) is 0 Å². The van der Waals surface area contributed by atoms with E-state index < -0.39 is 0 Å². The average Bonchev–Trinajstić information content (AvgIpc) is 2.38. The molecule has 0 atom stereocenters. The third-order valence-electron chi connectivity index (χ3n) is 3.40. The van der Waals surface area contributed by atoms with Gasteiger partial charge in [-0.3, -0.25) is 0 Å². The van der Waals surface area contributed by atoms with E-state index in [9.17, 15) is 0 Å². The molecule has 0 aromatic heterocycles. The summed E-state index contributed by atoms with van der Waals surface area (Å²) in [6, 6.07) is 4.17. The van der Waals surface area contributed by atoms with Crippen LogP contribution in [0.2, 0.25) is 0 Å². The maximum Gasteiger partial charge on any atom is 0.175 e. The van der Waals surface area contributed by atoms with Crippen molar-refractivity contribution in [2.75, 3.05) is 13.2 Å². The monoisotopic (exact) mass is 421 g/mol. The van der Waals surface area contributed by atoms with Gasteiger partial charge in [0, 0.05) is 12.1 Å². The standard InChI is InChI=1S/C19H32BrNO2.ClH/c1-8-22-16-11-14(10-15(20)17(16)23-9-2)12-21-19(6,7)13-18(3,4)5;/h10-11,21H,8-9,12-13H2,1-7H3;1H. The fraction of sp³-hybridized carbons (Fsp3) is 0.684. The SMILES string of the molecule is CCOc1cc(CNC(C)(C)CC(C)(C)C)cc(Br)c1OCC.Cl. The molecule has 0 aliphatic heterocycles. The Kier molecular flexibility index (Phi) is 9.70. The molecule has 0 fully saturated rings. The van der Waals surface area contributed by atoms with Crippen LogP contribution in [0.3, 0.4) is 0 Å². The Morgan fingerprint density at radius 3 is 2.08 bits per heavy atom. The van der Waals surface area contributed by atoms with Crippen LogP contribution in [0, 0.1) is 5.41 Å². The highest BCUT2D eigenvalue weighted by Crippen LogP contribution is 2.37. The van der Waals surface area contributed by atoms with Crippen molar-refractivity contribution in [3.05, 3.63) is 22.2 Å². The minimum atomic E-state index is 0. The van der Waals surface area contributed by atoms with Gasteiger partial charge in [-0.1, -0.05) is 20.8 Å². The van der Waals surface area contributed by atoms with Gasteiger partial charge in [0.2, 0.25) is 0 Å². The number of benzene rings is 1. The van der Waals surface area contributed by atoms with Crippen LogP contribution < -0.4 is 14.8 Å². The minimum Gasteiger partial charge on any atom is -0.490 e. The molecule has 0 unspecified atom stereocenters. The number of hydrogen-bond donors (Lipinski definition) is 1. The molecule has 0 heterocycles. The molecule has 1 N–H and O–H groups in total. The van der Waals surface area contributed by atoms with Crippen molar-refractivity contribution < 1.29 is 9.47 Å². The van der Waals surface area contributed by atoms with Crippen LogP contribution in [0.4, 0.5) is 0 Å². The van der Waals surface area contributed by atoms with Gasteiger partial charge in [-0.05, 0) is 73.2 Å². The highest BCUT2D eigenvalue weighted by atomic mass is 79.9. The smallest absolute Gasteiger partial charge is 0.175 e. The molecule has 1 rings (SSSR count). The summed E-state index contributed by atoms with van der Waals surface area (Å²) in [6.45, 7) is 17.3. The maximum atomic E-state index is 5.74. The average molecular weight is 423 g/mol. The summed E-state index contributed by atoms with van der Waals surface area (Å²) < 4.78 is 12.4. The van der Waals surface area contributed by atoms with E-state index in [-0.39, 0.29) is 17.9 Å². The normalized spacial score (nSPS) is 11.8. The Hall–Kier alpha value is -0.450. The van der Waals surface area contributed by atoms with Crippen LogP contribution >= 0.6 is 28.3 Å². The molecule has 1 aromatic carbocycles. The fourth-order valence-electron chi connectivity index (χ4n) is 3.00. The summed E-state index contributed by atoms with van der Waals surface area (Å²) in [5.74, 6) is 1.58. The molecule has 0 saturated carbocycles. The highest BCUT2D eigenvalue weighted by molar-refractivity contribution is 9.10. The van der Waals surface area contributed by atoms with Gasteiger partial charge in [0.15, 0.2) is 11.5 Å². The third kappa shape index (κ3) is 8.09. The van der Waals surface area contributed by atoms with Gasteiger partial charge in [0.25, 0.3) is 0 Å². The molecule has 3 nitrogen and oxygen atoms in total. The summed E-state index contributed by atoms with van der Waals surface area (Å²) in [5.41, 5.74) is 1.56. The van der Waals surface area contributed by atoms with Crippen LogP contribution in [-0.4, -0.2) is 18.8 Å². The van der Waals surface area contributed by atoms with Crippen molar-refractivity contribution in [1.29, 1.82) is 0 Å². The lowest BCUT2D eigenvalue weighted by atomic mass is 9.82. The molecule has 24 heavy (non-hydrogen) atoms. The van der Waals surface area contributed by atoms with E-state index in [4.69, 9.17) is 9.47 Å². The Morgan fingerprint density at radius 1 is 1.00 bits per heavy atom. The quantitative estimate of drug-likeness (QED) is 0.559. The van der Waals surface area contributed by atoms with Crippen LogP contribution in [-0.2, 0) is 6.54 Å². The van der Waals surface area contributed by atoms with Gasteiger partial charge >= 0.3 is 0 Å². The van der Waals surface area contributed by atoms with Crippen molar-refractivity contribution in [2.24, 2.45) is 5.41 Å². The van der Waals surface area contributed by atoms with Gasteiger partial charge in [0.05, 0.1) is 17.7 Å². The Bertz CT molecular complexity index is 513. The number of rotatable bonds is 8. The van der Waals surface area contributed by atoms with Crippen molar-refractivity contribution in [3.63, 3.8) is 0 Å². The molecule has 0 bridgehead atoms. The molecular formula is C19H33BrClNO2. The van der Waals surface area contributed by atoms with E-state index in [0.717, 1.165) is 28.9 Å².